The largest absolute Gasteiger partial charge is 0.386 e. The van der Waals surface area contributed by atoms with Gasteiger partial charge in [0.25, 0.3) is 0 Å². The monoisotopic (exact) mass is 602 g/mol. The van der Waals surface area contributed by atoms with E-state index in [2.05, 4.69) is 153 Å². The molecule has 47 heavy (non-hydrogen) atoms. The van der Waals surface area contributed by atoms with E-state index >= 15 is 0 Å². The molecule has 0 aliphatic carbocycles. The van der Waals surface area contributed by atoms with Crippen molar-refractivity contribution in [2.24, 2.45) is 0 Å². The molecule has 8 aromatic rings. The van der Waals surface area contributed by atoms with Crippen molar-refractivity contribution in [3.05, 3.63) is 175 Å². The molecular formula is C43H30N4. The van der Waals surface area contributed by atoms with E-state index in [0.717, 1.165) is 34.6 Å². The van der Waals surface area contributed by atoms with Crippen LogP contribution in [0.1, 0.15) is 11.1 Å². The number of nitrogens with zero attached hydrogens (tertiary/aromatic N) is 3. The van der Waals surface area contributed by atoms with E-state index in [1.807, 2.05) is 30.7 Å². The molecule has 9 rings (SSSR count). The van der Waals surface area contributed by atoms with Gasteiger partial charge in [0.05, 0.1) is 16.7 Å². The van der Waals surface area contributed by atoms with Crippen molar-refractivity contribution < 1.29 is 0 Å². The van der Waals surface area contributed by atoms with Gasteiger partial charge in [-0.25, -0.2) is 0 Å². The summed E-state index contributed by atoms with van der Waals surface area (Å²) in [4.78, 5) is 8.76. The van der Waals surface area contributed by atoms with Crippen LogP contribution in [-0.4, -0.2) is 21.1 Å². The molecule has 0 spiro atoms. The van der Waals surface area contributed by atoms with Gasteiger partial charge in [0.1, 0.15) is 0 Å². The predicted octanol–water partition coefficient (Wildman–Crippen LogP) is 10.1. The Hall–Kier alpha value is -6.26. The smallest absolute Gasteiger partial charge is 0.0702 e. The third-order valence-corrected chi connectivity index (χ3v) is 9.18. The van der Waals surface area contributed by atoms with E-state index in [4.69, 9.17) is 0 Å². The minimum Gasteiger partial charge on any atom is -0.386 e. The van der Waals surface area contributed by atoms with Crippen LogP contribution >= 0.6 is 0 Å². The van der Waals surface area contributed by atoms with Crippen LogP contribution in [0.25, 0.3) is 71.8 Å². The number of hydrogen-bond donors (Lipinski definition) is 1. The number of hydrogen-bond acceptors (Lipinski definition) is 3. The molecule has 0 saturated carbocycles. The Morgan fingerprint density at radius 1 is 0.553 bits per heavy atom. The van der Waals surface area contributed by atoms with Gasteiger partial charge < -0.3 is 9.88 Å². The SMILES string of the molecule is C1=C(c2ccncc2)C=C(c2ccc3c4ccc5cc(-c6cccc(-c7ccccn7)c6)ccc5c4n(-c4ccccc4)c3c2)CN1. The first-order valence-corrected chi connectivity index (χ1v) is 15.9. The predicted molar refractivity (Wildman–Crippen MR) is 195 cm³/mol. The fraction of sp³-hybridized carbons (Fsp3) is 0.0233. The molecule has 0 fully saturated rings. The van der Waals surface area contributed by atoms with Crippen molar-refractivity contribution in [3.8, 4) is 28.1 Å². The third-order valence-electron chi connectivity index (χ3n) is 9.18. The highest BCUT2D eigenvalue weighted by molar-refractivity contribution is 6.19. The highest BCUT2D eigenvalue weighted by atomic mass is 15.0. The van der Waals surface area contributed by atoms with Crippen LogP contribution in [0, 0.1) is 0 Å². The van der Waals surface area contributed by atoms with Crippen molar-refractivity contribution in [1.82, 2.24) is 19.9 Å². The Kier molecular flexibility index (Phi) is 6.50. The van der Waals surface area contributed by atoms with Crippen LogP contribution in [0.5, 0.6) is 0 Å². The quantitative estimate of drug-likeness (QED) is 0.213. The summed E-state index contributed by atoms with van der Waals surface area (Å²) in [5, 5.41) is 8.44. The normalized spacial score (nSPS) is 13.0. The second-order valence-electron chi connectivity index (χ2n) is 12.0. The third kappa shape index (κ3) is 4.79. The zero-order chi connectivity index (χ0) is 31.2. The molecule has 222 valence electrons. The summed E-state index contributed by atoms with van der Waals surface area (Å²) in [6.07, 6.45) is 9.91. The maximum atomic E-state index is 4.57. The van der Waals surface area contributed by atoms with E-state index in [-0.39, 0.29) is 0 Å². The van der Waals surface area contributed by atoms with Gasteiger partial charge in [0, 0.05) is 58.7 Å². The highest BCUT2D eigenvalue weighted by Gasteiger charge is 2.18. The second kappa shape index (κ2) is 11.3. The lowest BCUT2D eigenvalue weighted by Gasteiger charge is -2.17. The molecule has 0 atom stereocenters. The lowest BCUT2D eigenvalue weighted by molar-refractivity contribution is 0.990. The van der Waals surface area contributed by atoms with Gasteiger partial charge in [0.15, 0.2) is 0 Å². The first-order valence-electron chi connectivity index (χ1n) is 15.9. The lowest BCUT2D eigenvalue weighted by Crippen LogP contribution is -2.14. The maximum Gasteiger partial charge on any atom is 0.0702 e. The van der Waals surface area contributed by atoms with Crippen molar-refractivity contribution in [1.29, 1.82) is 0 Å². The Bertz CT molecular complexity index is 2490. The molecule has 5 aromatic carbocycles. The summed E-state index contributed by atoms with van der Waals surface area (Å²) in [7, 11) is 0. The first-order chi connectivity index (χ1) is 23.3. The van der Waals surface area contributed by atoms with Crippen molar-refractivity contribution in [2.75, 3.05) is 6.54 Å². The number of dihydropyridines is 1. The Morgan fingerprint density at radius 3 is 2.21 bits per heavy atom. The van der Waals surface area contributed by atoms with Gasteiger partial charge in [-0.1, -0.05) is 78.9 Å². The van der Waals surface area contributed by atoms with Crippen molar-refractivity contribution in [3.63, 3.8) is 0 Å². The van der Waals surface area contributed by atoms with Gasteiger partial charge in [-0.2, -0.15) is 0 Å². The van der Waals surface area contributed by atoms with E-state index in [0.29, 0.717) is 0 Å². The summed E-state index contributed by atoms with van der Waals surface area (Å²) >= 11 is 0. The fourth-order valence-corrected chi connectivity index (χ4v) is 6.90. The number of para-hydroxylation sites is 1. The number of fused-ring (bicyclic) bond motifs is 5. The van der Waals surface area contributed by atoms with E-state index in [9.17, 15) is 0 Å². The average molecular weight is 603 g/mol. The molecular weight excluding hydrogens is 573 g/mol. The standard InChI is InChI=1S/C43H30N4/c1-2-9-37(10-3-1)47-42-26-32(36-25-35(27-45-28-36)29-18-21-44-22-19-29)13-16-39(42)40-17-14-33-23-31(12-15-38(33)43(40)47)30-7-6-8-34(24-30)41-11-4-5-20-46-41/h1-27,45H,28H2. The van der Waals surface area contributed by atoms with Crippen LogP contribution in [0.4, 0.5) is 0 Å². The Balaban J connectivity index is 1.21. The number of benzene rings is 5. The van der Waals surface area contributed by atoms with Gasteiger partial charge in [-0.15, -0.1) is 0 Å². The minimum atomic E-state index is 0.777. The van der Waals surface area contributed by atoms with Crippen LogP contribution in [0.3, 0.4) is 0 Å². The average Bonchev–Trinajstić information content (AvgIpc) is 3.50. The molecule has 1 aliphatic rings. The summed E-state index contributed by atoms with van der Waals surface area (Å²) in [6, 6.07) is 47.9. The molecule has 1 N–H and O–H groups in total. The zero-order valence-electron chi connectivity index (χ0n) is 25.6. The lowest BCUT2D eigenvalue weighted by atomic mass is 9.96. The zero-order valence-corrected chi connectivity index (χ0v) is 25.6. The summed E-state index contributed by atoms with van der Waals surface area (Å²) in [5.41, 5.74) is 12.8. The number of aromatic nitrogens is 3. The van der Waals surface area contributed by atoms with E-state index < -0.39 is 0 Å². The van der Waals surface area contributed by atoms with Crippen LogP contribution < -0.4 is 5.32 Å². The highest BCUT2D eigenvalue weighted by Crippen LogP contribution is 2.39. The molecule has 1 aliphatic heterocycles. The molecule has 3 aromatic heterocycles. The molecule has 4 nitrogen and oxygen atoms in total. The van der Waals surface area contributed by atoms with Crippen LogP contribution in [0.15, 0.2) is 164 Å². The van der Waals surface area contributed by atoms with Crippen molar-refractivity contribution >= 4 is 43.7 Å². The van der Waals surface area contributed by atoms with Gasteiger partial charge in [0.2, 0.25) is 0 Å². The van der Waals surface area contributed by atoms with Gasteiger partial charge in [-0.3, -0.25) is 9.97 Å². The molecule has 4 heteroatoms. The fourth-order valence-electron chi connectivity index (χ4n) is 6.90. The molecule has 0 radical (unpaired) electrons. The molecule has 0 saturated heterocycles. The Labute approximate surface area is 273 Å². The number of rotatable bonds is 5. The van der Waals surface area contributed by atoms with Gasteiger partial charge in [-0.05, 0) is 99.5 Å². The molecule has 0 unspecified atom stereocenters. The topological polar surface area (TPSA) is 42.7 Å². The van der Waals surface area contributed by atoms with Crippen LogP contribution in [0.2, 0.25) is 0 Å². The maximum absolute atomic E-state index is 4.57. The van der Waals surface area contributed by atoms with E-state index in [1.54, 1.807) is 0 Å². The number of allylic oxidation sites excluding steroid dienone is 2. The second-order valence-corrected chi connectivity index (χ2v) is 12.0. The van der Waals surface area contributed by atoms with Crippen LogP contribution in [-0.2, 0) is 0 Å². The van der Waals surface area contributed by atoms with Gasteiger partial charge >= 0.3 is 0 Å². The van der Waals surface area contributed by atoms with E-state index in [1.165, 1.54) is 54.8 Å². The minimum absolute atomic E-state index is 0.777. The summed E-state index contributed by atoms with van der Waals surface area (Å²) in [6.45, 7) is 0.777. The molecule has 4 heterocycles. The Morgan fingerprint density at radius 2 is 1.34 bits per heavy atom. The summed E-state index contributed by atoms with van der Waals surface area (Å²) in [5.74, 6) is 0. The summed E-state index contributed by atoms with van der Waals surface area (Å²) < 4.78 is 2.44. The number of pyridine rings is 2. The van der Waals surface area contributed by atoms with Crippen molar-refractivity contribution in [2.45, 2.75) is 0 Å². The number of nitrogens with one attached hydrogen (secondary N) is 1. The molecule has 0 amide bonds. The molecule has 0 bridgehead atoms. The first kappa shape index (κ1) is 27.1.